The molecule has 0 spiro atoms. The average molecular weight is 396 g/mol. The van der Waals surface area contributed by atoms with Crippen molar-refractivity contribution in [1.82, 2.24) is 24.8 Å². The van der Waals surface area contributed by atoms with Gasteiger partial charge in [-0.2, -0.15) is 0 Å². The molecule has 2 heterocycles. The van der Waals surface area contributed by atoms with Crippen LogP contribution in [0.15, 0.2) is 42.6 Å². The van der Waals surface area contributed by atoms with Crippen LogP contribution in [-0.4, -0.2) is 53.1 Å². The van der Waals surface area contributed by atoms with Crippen LogP contribution in [0.5, 0.6) is 5.75 Å². The Balaban J connectivity index is 1.53. The van der Waals surface area contributed by atoms with Gasteiger partial charge in [0.15, 0.2) is 5.65 Å². The minimum Gasteiger partial charge on any atom is -0.497 e. The van der Waals surface area contributed by atoms with Crippen molar-refractivity contribution in [3.05, 3.63) is 54.0 Å². The summed E-state index contributed by atoms with van der Waals surface area (Å²) in [5.41, 5.74) is 2.87. The van der Waals surface area contributed by atoms with Crippen molar-refractivity contribution < 1.29 is 9.53 Å². The number of ether oxygens (including phenoxy) is 1. The molecule has 2 aromatic heterocycles. The number of amides is 1. The molecule has 3 rings (SSSR count). The summed E-state index contributed by atoms with van der Waals surface area (Å²) < 4.78 is 7.32. The summed E-state index contributed by atoms with van der Waals surface area (Å²) >= 11 is 0. The highest BCUT2D eigenvalue weighted by Crippen LogP contribution is 2.16. The zero-order valence-corrected chi connectivity index (χ0v) is 17.4. The number of carbonyl (C=O) groups is 1. The molecule has 7 heteroatoms. The number of rotatable bonds is 10. The summed E-state index contributed by atoms with van der Waals surface area (Å²) in [7, 11) is 5.75. The molecule has 0 bridgehead atoms. The highest BCUT2D eigenvalue weighted by Gasteiger charge is 2.12. The number of nitrogens with one attached hydrogen (secondary N) is 1. The number of likely N-dealkylation sites (N-methyl/N-ethyl adjacent to an activating group) is 1. The van der Waals surface area contributed by atoms with Crippen molar-refractivity contribution >= 4 is 17.1 Å². The predicted molar refractivity (Wildman–Crippen MR) is 114 cm³/mol. The van der Waals surface area contributed by atoms with Gasteiger partial charge in [0, 0.05) is 38.7 Å². The quantitative estimate of drug-likeness (QED) is 0.571. The molecule has 0 saturated heterocycles. The van der Waals surface area contributed by atoms with Gasteiger partial charge in [0.05, 0.1) is 7.11 Å². The summed E-state index contributed by atoms with van der Waals surface area (Å²) in [6.07, 6.45) is 3.77. The lowest BCUT2D eigenvalue weighted by Crippen LogP contribution is -2.23. The maximum atomic E-state index is 12.2. The van der Waals surface area contributed by atoms with Gasteiger partial charge < -0.3 is 19.5 Å². The lowest BCUT2D eigenvalue weighted by Gasteiger charge is -2.13. The standard InChI is InChI=1S/C22H29N5O2/c1-26(2)14-15-27-20(25-19-6-5-13-23-22(19)27)7-4-8-21(28)24-16-17-9-11-18(29-3)12-10-17/h5-6,9-13H,4,7-8,14-16H2,1-3H3,(H,24,28). The third-order valence-electron chi connectivity index (χ3n) is 4.81. The summed E-state index contributed by atoms with van der Waals surface area (Å²) in [4.78, 5) is 23.6. The smallest absolute Gasteiger partial charge is 0.220 e. The van der Waals surface area contributed by atoms with E-state index < -0.39 is 0 Å². The fraction of sp³-hybridized carbons (Fsp3) is 0.409. The van der Waals surface area contributed by atoms with Crippen LogP contribution in [0.1, 0.15) is 24.2 Å². The molecule has 7 nitrogen and oxygen atoms in total. The van der Waals surface area contributed by atoms with E-state index in [1.807, 2.05) is 36.4 Å². The van der Waals surface area contributed by atoms with E-state index in [0.717, 1.165) is 54.2 Å². The Morgan fingerprint density at radius 2 is 2.00 bits per heavy atom. The van der Waals surface area contributed by atoms with Crippen LogP contribution in [0.2, 0.25) is 0 Å². The number of nitrogens with zero attached hydrogens (tertiary/aromatic N) is 4. The molecule has 1 amide bonds. The van der Waals surface area contributed by atoms with E-state index in [9.17, 15) is 4.79 Å². The Bertz CT molecular complexity index is 934. The summed E-state index contributed by atoms with van der Waals surface area (Å²) in [6, 6.07) is 11.6. The van der Waals surface area contributed by atoms with E-state index in [-0.39, 0.29) is 5.91 Å². The maximum Gasteiger partial charge on any atom is 0.220 e. The van der Waals surface area contributed by atoms with Crippen molar-refractivity contribution in [3.8, 4) is 5.75 Å². The number of pyridine rings is 1. The minimum atomic E-state index is 0.0508. The first-order valence-electron chi connectivity index (χ1n) is 9.91. The summed E-state index contributed by atoms with van der Waals surface area (Å²) in [5, 5.41) is 2.98. The highest BCUT2D eigenvalue weighted by atomic mass is 16.5. The molecule has 29 heavy (non-hydrogen) atoms. The number of carbonyl (C=O) groups excluding carboxylic acids is 1. The summed E-state index contributed by atoms with van der Waals surface area (Å²) in [6.45, 7) is 2.27. The van der Waals surface area contributed by atoms with Crippen molar-refractivity contribution in [2.75, 3.05) is 27.7 Å². The molecule has 0 aliphatic rings. The van der Waals surface area contributed by atoms with Crippen LogP contribution in [-0.2, 0) is 24.3 Å². The Labute approximate surface area is 171 Å². The SMILES string of the molecule is COc1ccc(CNC(=O)CCCc2nc3cccnc3n2CCN(C)C)cc1. The van der Waals surface area contributed by atoms with E-state index in [2.05, 4.69) is 33.9 Å². The van der Waals surface area contributed by atoms with Crippen molar-refractivity contribution in [2.45, 2.75) is 32.4 Å². The number of fused-ring (bicyclic) bond motifs is 1. The fourth-order valence-corrected chi connectivity index (χ4v) is 3.17. The van der Waals surface area contributed by atoms with Crippen LogP contribution < -0.4 is 10.1 Å². The third-order valence-corrected chi connectivity index (χ3v) is 4.81. The number of imidazole rings is 1. The molecule has 0 saturated carbocycles. The number of aromatic nitrogens is 3. The highest BCUT2D eigenvalue weighted by molar-refractivity contribution is 5.76. The lowest BCUT2D eigenvalue weighted by atomic mass is 10.2. The molecule has 0 radical (unpaired) electrons. The molecule has 154 valence electrons. The van der Waals surface area contributed by atoms with Crippen LogP contribution >= 0.6 is 0 Å². The second-order valence-corrected chi connectivity index (χ2v) is 7.31. The first-order chi connectivity index (χ1) is 14.1. The van der Waals surface area contributed by atoms with E-state index in [1.54, 1.807) is 13.3 Å². The van der Waals surface area contributed by atoms with E-state index in [4.69, 9.17) is 9.72 Å². The van der Waals surface area contributed by atoms with Crippen LogP contribution in [0, 0.1) is 0 Å². The molecule has 3 aromatic rings. The average Bonchev–Trinajstić information content (AvgIpc) is 3.08. The molecular weight excluding hydrogens is 366 g/mol. The first kappa shape index (κ1) is 20.8. The van der Waals surface area contributed by atoms with Crippen molar-refractivity contribution in [1.29, 1.82) is 0 Å². The Hall–Kier alpha value is -2.93. The van der Waals surface area contributed by atoms with Gasteiger partial charge in [0.2, 0.25) is 5.91 Å². The van der Waals surface area contributed by atoms with Crippen LogP contribution in [0.25, 0.3) is 11.2 Å². The fourth-order valence-electron chi connectivity index (χ4n) is 3.17. The van der Waals surface area contributed by atoms with Gasteiger partial charge in [-0.05, 0) is 50.3 Å². The number of benzene rings is 1. The Morgan fingerprint density at radius 1 is 1.21 bits per heavy atom. The predicted octanol–water partition coefficient (Wildman–Crippen LogP) is 2.64. The topological polar surface area (TPSA) is 72.3 Å². The molecule has 0 unspecified atom stereocenters. The van der Waals surface area contributed by atoms with Gasteiger partial charge in [0.25, 0.3) is 0 Å². The number of hydrogen-bond acceptors (Lipinski definition) is 5. The van der Waals surface area contributed by atoms with Gasteiger partial charge in [-0.1, -0.05) is 12.1 Å². The van der Waals surface area contributed by atoms with Crippen LogP contribution in [0.4, 0.5) is 0 Å². The number of hydrogen-bond donors (Lipinski definition) is 1. The normalized spacial score (nSPS) is 11.2. The molecule has 1 N–H and O–H groups in total. The van der Waals surface area contributed by atoms with E-state index in [0.29, 0.717) is 13.0 Å². The second-order valence-electron chi connectivity index (χ2n) is 7.31. The molecule has 0 fully saturated rings. The molecule has 1 aromatic carbocycles. The molecule has 0 atom stereocenters. The third kappa shape index (κ3) is 5.77. The minimum absolute atomic E-state index is 0.0508. The van der Waals surface area contributed by atoms with Crippen molar-refractivity contribution in [3.63, 3.8) is 0 Å². The molecule has 0 aliphatic heterocycles. The Morgan fingerprint density at radius 3 is 2.72 bits per heavy atom. The second kappa shape index (κ2) is 10.0. The first-order valence-corrected chi connectivity index (χ1v) is 9.91. The Kier molecular flexibility index (Phi) is 7.19. The van der Waals surface area contributed by atoms with Gasteiger partial charge in [-0.25, -0.2) is 9.97 Å². The molecule has 0 aliphatic carbocycles. The number of methoxy groups -OCH3 is 1. The lowest BCUT2D eigenvalue weighted by molar-refractivity contribution is -0.121. The van der Waals surface area contributed by atoms with Gasteiger partial charge >= 0.3 is 0 Å². The zero-order chi connectivity index (χ0) is 20.6. The van der Waals surface area contributed by atoms with Crippen molar-refractivity contribution in [2.24, 2.45) is 0 Å². The van der Waals surface area contributed by atoms with Crippen LogP contribution in [0.3, 0.4) is 0 Å². The van der Waals surface area contributed by atoms with Gasteiger partial charge in [-0.3, -0.25) is 4.79 Å². The zero-order valence-electron chi connectivity index (χ0n) is 17.4. The van der Waals surface area contributed by atoms with E-state index in [1.165, 1.54) is 0 Å². The largest absolute Gasteiger partial charge is 0.497 e. The van der Waals surface area contributed by atoms with Gasteiger partial charge in [-0.15, -0.1) is 0 Å². The molecular formula is C22H29N5O2. The van der Waals surface area contributed by atoms with Gasteiger partial charge in [0.1, 0.15) is 17.1 Å². The van der Waals surface area contributed by atoms with E-state index >= 15 is 0 Å². The summed E-state index contributed by atoms with van der Waals surface area (Å²) in [5.74, 6) is 1.85. The maximum absolute atomic E-state index is 12.2. The number of aryl methyl sites for hydroxylation is 1. The monoisotopic (exact) mass is 395 g/mol.